The van der Waals surface area contributed by atoms with E-state index in [1.165, 1.54) is 12.1 Å². The predicted molar refractivity (Wildman–Crippen MR) is 92.3 cm³/mol. The van der Waals surface area contributed by atoms with Gasteiger partial charge in [-0.05, 0) is 62.0 Å². The molecule has 5 nitrogen and oxygen atoms in total. The average Bonchev–Trinajstić information content (AvgIpc) is 3.15. The van der Waals surface area contributed by atoms with Crippen LogP contribution >= 0.6 is 11.8 Å². The molecule has 24 heavy (non-hydrogen) atoms. The van der Waals surface area contributed by atoms with E-state index < -0.39 is 5.54 Å². The molecule has 1 saturated heterocycles. The third kappa shape index (κ3) is 3.32. The van der Waals surface area contributed by atoms with E-state index in [4.69, 9.17) is 0 Å². The quantitative estimate of drug-likeness (QED) is 0.813. The Kier molecular flexibility index (Phi) is 5.20. The number of halogens is 1. The van der Waals surface area contributed by atoms with Gasteiger partial charge in [-0.1, -0.05) is 0 Å². The lowest BCUT2D eigenvalue weighted by Crippen LogP contribution is -2.54. The van der Waals surface area contributed by atoms with Crippen LogP contribution in [0.3, 0.4) is 0 Å². The van der Waals surface area contributed by atoms with Crippen LogP contribution in [0.2, 0.25) is 0 Å². The number of benzene rings is 1. The second-order valence-electron chi connectivity index (χ2n) is 5.87. The van der Waals surface area contributed by atoms with E-state index >= 15 is 0 Å². The summed E-state index contributed by atoms with van der Waals surface area (Å²) in [6.45, 7) is 1.84. The minimum absolute atomic E-state index is 0.0657. The van der Waals surface area contributed by atoms with E-state index in [9.17, 15) is 9.18 Å². The van der Waals surface area contributed by atoms with Crippen LogP contribution in [0, 0.1) is 5.82 Å². The normalized spacial score (nSPS) is 16.8. The van der Waals surface area contributed by atoms with Gasteiger partial charge in [0, 0.05) is 23.8 Å². The summed E-state index contributed by atoms with van der Waals surface area (Å²) >= 11 is 1.54. The number of carbonyl (C=O) groups excluding carboxylic acids is 1. The third-order valence-corrected chi connectivity index (χ3v) is 5.32. The van der Waals surface area contributed by atoms with Gasteiger partial charge in [-0.3, -0.25) is 9.48 Å². The van der Waals surface area contributed by atoms with E-state index in [-0.39, 0.29) is 11.7 Å². The lowest BCUT2D eigenvalue weighted by Gasteiger charge is -2.36. The van der Waals surface area contributed by atoms with Gasteiger partial charge in [0.25, 0.3) is 0 Å². The summed E-state index contributed by atoms with van der Waals surface area (Å²) in [7, 11) is 0. The molecular weight excluding hydrogens is 327 g/mol. The molecule has 1 aromatic carbocycles. The van der Waals surface area contributed by atoms with Gasteiger partial charge < -0.3 is 10.6 Å². The fourth-order valence-electron chi connectivity index (χ4n) is 3.15. The number of hydrogen-bond acceptors (Lipinski definition) is 4. The molecule has 0 spiro atoms. The van der Waals surface area contributed by atoms with Crippen molar-refractivity contribution in [2.75, 3.05) is 19.3 Å². The number of amides is 1. The summed E-state index contributed by atoms with van der Waals surface area (Å²) in [5.74, 6) is -0.357. The van der Waals surface area contributed by atoms with Gasteiger partial charge in [0.15, 0.2) is 0 Å². The number of carbonyl (C=O) groups is 1. The highest BCUT2D eigenvalue weighted by molar-refractivity contribution is 7.98. The molecule has 1 aliphatic heterocycles. The molecule has 0 saturated carbocycles. The Morgan fingerprint density at radius 2 is 2.25 bits per heavy atom. The molecule has 1 amide bonds. The highest BCUT2D eigenvalue weighted by Gasteiger charge is 2.41. The van der Waals surface area contributed by atoms with Crippen molar-refractivity contribution in [1.29, 1.82) is 0 Å². The smallest absolute Gasteiger partial charge is 0.248 e. The van der Waals surface area contributed by atoms with Crippen LogP contribution in [0.15, 0.2) is 41.6 Å². The molecular formula is C17H21FN4OS. The van der Waals surface area contributed by atoms with Gasteiger partial charge in [0.2, 0.25) is 5.91 Å². The van der Waals surface area contributed by atoms with Crippen molar-refractivity contribution in [3.63, 3.8) is 0 Å². The minimum atomic E-state index is -0.679. The van der Waals surface area contributed by atoms with Crippen LogP contribution in [0.25, 0.3) is 0 Å². The molecule has 7 heteroatoms. The second kappa shape index (κ2) is 7.36. The Balaban J connectivity index is 1.79. The highest BCUT2D eigenvalue weighted by atomic mass is 32.2. The van der Waals surface area contributed by atoms with Gasteiger partial charge in [0.05, 0.1) is 0 Å². The Morgan fingerprint density at radius 1 is 1.46 bits per heavy atom. The van der Waals surface area contributed by atoms with Crippen molar-refractivity contribution in [2.45, 2.75) is 29.8 Å². The lowest BCUT2D eigenvalue weighted by molar-refractivity contribution is -0.132. The zero-order chi connectivity index (χ0) is 17.0. The van der Waals surface area contributed by atoms with Crippen LogP contribution in [0.1, 0.15) is 18.4 Å². The summed E-state index contributed by atoms with van der Waals surface area (Å²) in [6, 6.07) is 6.50. The number of aromatic nitrogens is 2. The van der Waals surface area contributed by atoms with Crippen molar-refractivity contribution >= 4 is 17.7 Å². The molecule has 0 unspecified atom stereocenters. The van der Waals surface area contributed by atoms with Crippen LogP contribution in [-0.2, 0) is 16.9 Å². The number of piperidine rings is 1. The van der Waals surface area contributed by atoms with E-state index in [1.807, 2.05) is 18.5 Å². The molecule has 0 aliphatic carbocycles. The van der Waals surface area contributed by atoms with Crippen molar-refractivity contribution < 1.29 is 9.18 Å². The molecule has 3 rings (SSSR count). The zero-order valence-corrected chi connectivity index (χ0v) is 14.4. The van der Waals surface area contributed by atoms with Crippen molar-refractivity contribution in [2.24, 2.45) is 0 Å². The Morgan fingerprint density at radius 3 is 2.92 bits per heavy atom. The monoisotopic (exact) mass is 348 g/mol. The molecule has 2 N–H and O–H groups in total. The summed E-state index contributed by atoms with van der Waals surface area (Å²) in [5, 5.41) is 10.6. The van der Waals surface area contributed by atoms with Crippen LogP contribution in [0.4, 0.5) is 4.39 Å². The Hall–Kier alpha value is -1.86. The number of thioether (sulfide) groups is 1. The highest BCUT2D eigenvalue weighted by Crippen LogP contribution is 2.28. The molecule has 1 aliphatic rings. The molecule has 0 atom stereocenters. The Bertz CT molecular complexity index is 699. The first-order chi connectivity index (χ1) is 11.7. The summed E-state index contributed by atoms with van der Waals surface area (Å²) in [6.07, 6.45) is 6.82. The fraction of sp³-hybridized carbons (Fsp3) is 0.412. The maximum Gasteiger partial charge on any atom is 0.248 e. The van der Waals surface area contributed by atoms with E-state index in [1.54, 1.807) is 28.7 Å². The summed E-state index contributed by atoms with van der Waals surface area (Å²) < 4.78 is 15.3. The number of nitrogens with one attached hydrogen (secondary N) is 2. The van der Waals surface area contributed by atoms with Crippen molar-refractivity contribution in [3.8, 4) is 0 Å². The van der Waals surface area contributed by atoms with Gasteiger partial charge in [-0.2, -0.15) is 5.10 Å². The second-order valence-corrected chi connectivity index (χ2v) is 6.72. The number of rotatable bonds is 5. The maximum absolute atomic E-state index is 13.5. The topological polar surface area (TPSA) is 59.0 Å². The van der Waals surface area contributed by atoms with E-state index in [0.29, 0.717) is 19.4 Å². The van der Waals surface area contributed by atoms with Crippen molar-refractivity contribution in [3.05, 3.63) is 48.0 Å². The largest absolute Gasteiger partial charge is 0.350 e. The van der Waals surface area contributed by atoms with Gasteiger partial charge >= 0.3 is 0 Å². The molecule has 2 heterocycles. The fourth-order valence-corrected chi connectivity index (χ4v) is 3.75. The van der Waals surface area contributed by atoms with Crippen molar-refractivity contribution in [1.82, 2.24) is 20.4 Å². The van der Waals surface area contributed by atoms with Crippen LogP contribution in [-0.4, -0.2) is 35.0 Å². The lowest BCUT2D eigenvalue weighted by atomic mass is 9.87. The van der Waals surface area contributed by atoms with Gasteiger partial charge in [0.1, 0.15) is 11.4 Å². The van der Waals surface area contributed by atoms with Gasteiger partial charge in [-0.15, -0.1) is 11.8 Å². The summed E-state index contributed by atoms with van der Waals surface area (Å²) in [4.78, 5) is 13.9. The van der Waals surface area contributed by atoms with E-state index in [0.717, 1.165) is 23.5 Å². The first-order valence-electron chi connectivity index (χ1n) is 7.97. The average molecular weight is 348 g/mol. The maximum atomic E-state index is 13.5. The standard InChI is InChI=1S/C17H21FN4OS/c1-24-15-4-3-14(18)11-13(15)12-20-16(23)17(5-8-19-9-6-17)22-10-2-7-21-22/h2-4,7,10-11,19H,5-6,8-9,12H2,1H3,(H,20,23). The zero-order valence-electron chi connectivity index (χ0n) is 13.6. The number of hydrogen-bond donors (Lipinski definition) is 2. The Labute approximate surface area is 145 Å². The molecule has 1 fully saturated rings. The van der Waals surface area contributed by atoms with Crippen LogP contribution in [0.5, 0.6) is 0 Å². The number of nitrogens with zero attached hydrogens (tertiary/aromatic N) is 2. The molecule has 2 aromatic rings. The molecule has 128 valence electrons. The molecule has 0 radical (unpaired) electrons. The summed E-state index contributed by atoms with van der Waals surface area (Å²) in [5.41, 5.74) is 0.113. The first kappa shape index (κ1) is 17.0. The van der Waals surface area contributed by atoms with Crippen LogP contribution < -0.4 is 10.6 Å². The van der Waals surface area contributed by atoms with E-state index in [2.05, 4.69) is 15.7 Å². The molecule has 0 bridgehead atoms. The minimum Gasteiger partial charge on any atom is -0.350 e. The molecule has 1 aromatic heterocycles. The van der Waals surface area contributed by atoms with Gasteiger partial charge in [-0.25, -0.2) is 4.39 Å². The third-order valence-electron chi connectivity index (χ3n) is 4.48. The predicted octanol–water partition coefficient (Wildman–Crippen LogP) is 2.14. The first-order valence-corrected chi connectivity index (χ1v) is 9.20. The SMILES string of the molecule is CSc1ccc(F)cc1CNC(=O)C1(n2cccn2)CCNCC1.